The van der Waals surface area contributed by atoms with E-state index in [1.165, 1.54) is 13.2 Å². The van der Waals surface area contributed by atoms with Gasteiger partial charge in [-0.2, -0.15) is 5.26 Å². The molecule has 2 aromatic rings. The highest BCUT2D eigenvalue weighted by Gasteiger charge is 2.08. The van der Waals surface area contributed by atoms with Gasteiger partial charge in [-0.15, -0.1) is 0 Å². The molecule has 2 rings (SSSR count). The van der Waals surface area contributed by atoms with Crippen LogP contribution in [0, 0.1) is 11.3 Å². The largest absolute Gasteiger partial charge is 0.493 e. The smallest absolute Gasteiger partial charge is 0.244 e. The van der Waals surface area contributed by atoms with E-state index in [9.17, 15) is 4.79 Å². The Morgan fingerprint density at radius 2 is 2.12 bits per heavy atom. The van der Waals surface area contributed by atoms with Crippen molar-refractivity contribution in [2.75, 3.05) is 13.7 Å². The standard InChI is InChI=1S/C20H19ClN2O3/c1-14(16-4-3-5-17(21)13-16)23-20(24)9-7-15-6-8-18(26-11-10-22)19(12-15)25-2/h3-9,12-14H,11H2,1-2H3,(H,23,24)/b9-7-/t14-/m1/s1. The lowest BCUT2D eigenvalue weighted by atomic mass is 10.1. The molecule has 0 aliphatic heterocycles. The molecule has 0 saturated heterocycles. The molecule has 0 aromatic heterocycles. The fourth-order valence-electron chi connectivity index (χ4n) is 2.31. The zero-order valence-corrected chi connectivity index (χ0v) is 15.3. The first kappa shape index (κ1) is 19.4. The lowest BCUT2D eigenvalue weighted by Crippen LogP contribution is -2.24. The Morgan fingerprint density at radius 3 is 2.81 bits per heavy atom. The summed E-state index contributed by atoms with van der Waals surface area (Å²) in [5, 5.41) is 12.1. The van der Waals surface area contributed by atoms with Gasteiger partial charge >= 0.3 is 0 Å². The molecule has 134 valence electrons. The van der Waals surface area contributed by atoms with Gasteiger partial charge in [-0.05, 0) is 48.4 Å². The summed E-state index contributed by atoms with van der Waals surface area (Å²) in [5.74, 6) is 0.751. The van der Waals surface area contributed by atoms with Crippen LogP contribution in [-0.4, -0.2) is 19.6 Å². The third-order valence-corrected chi connectivity index (χ3v) is 3.85. The number of halogens is 1. The van der Waals surface area contributed by atoms with E-state index in [1.54, 1.807) is 30.3 Å². The summed E-state index contributed by atoms with van der Waals surface area (Å²) in [6.45, 7) is 1.83. The van der Waals surface area contributed by atoms with Crippen LogP contribution in [0.3, 0.4) is 0 Å². The molecule has 0 heterocycles. The van der Waals surface area contributed by atoms with Crippen molar-refractivity contribution in [3.05, 3.63) is 64.7 Å². The van der Waals surface area contributed by atoms with Crippen molar-refractivity contribution >= 4 is 23.6 Å². The van der Waals surface area contributed by atoms with Crippen LogP contribution < -0.4 is 14.8 Å². The van der Waals surface area contributed by atoms with Gasteiger partial charge in [-0.3, -0.25) is 4.79 Å². The average molecular weight is 371 g/mol. The number of hydrogen-bond acceptors (Lipinski definition) is 4. The van der Waals surface area contributed by atoms with Crippen molar-refractivity contribution in [1.29, 1.82) is 5.26 Å². The second-order valence-corrected chi connectivity index (χ2v) is 5.91. The molecule has 1 amide bonds. The number of carbonyl (C=O) groups excluding carboxylic acids is 1. The Kier molecular flexibility index (Phi) is 7.07. The van der Waals surface area contributed by atoms with E-state index < -0.39 is 0 Å². The quantitative estimate of drug-likeness (QED) is 0.743. The SMILES string of the molecule is COc1cc(/C=C\C(=O)N[C@H](C)c2cccc(Cl)c2)ccc1OCC#N. The molecule has 0 radical (unpaired) electrons. The minimum absolute atomic E-state index is 0.0602. The summed E-state index contributed by atoms with van der Waals surface area (Å²) < 4.78 is 10.5. The highest BCUT2D eigenvalue weighted by atomic mass is 35.5. The van der Waals surface area contributed by atoms with Crippen LogP contribution in [0.1, 0.15) is 24.1 Å². The maximum Gasteiger partial charge on any atom is 0.244 e. The molecule has 2 aromatic carbocycles. The number of benzene rings is 2. The maximum absolute atomic E-state index is 12.1. The first-order valence-corrected chi connectivity index (χ1v) is 8.33. The third kappa shape index (κ3) is 5.54. The van der Waals surface area contributed by atoms with Gasteiger partial charge in [0, 0.05) is 11.1 Å². The molecule has 1 atom stereocenters. The number of ether oxygens (including phenoxy) is 2. The molecule has 6 heteroatoms. The van der Waals surface area contributed by atoms with Crippen molar-refractivity contribution in [2.45, 2.75) is 13.0 Å². The highest BCUT2D eigenvalue weighted by Crippen LogP contribution is 2.28. The Hall–Kier alpha value is -2.97. The maximum atomic E-state index is 12.1. The number of nitriles is 1. The van der Waals surface area contributed by atoms with E-state index in [1.807, 2.05) is 31.2 Å². The van der Waals surface area contributed by atoms with Crippen molar-refractivity contribution in [1.82, 2.24) is 5.32 Å². The predicted molar refractivity (Wildman–Crippen MR) is 101 cm³/mol. The van der Waals surface area contributed by atoms with Gasteiger partial charge in [0.15, 0.2) is 18.1 Å². The van der Waals surface area contributed by atoms with Crippen molar-refractivity contribution < 1.29 is 14.3 Å². The summed E-state index contributed by atoms with van der Waals surface area (Å²) in [4.78, 5) is 12.1. The molecule has 1 N–H and O–H groups in total. The van der Waals surface area contributed by atoms with Crippen LogP contribution >= 0.6 is 11.6 Å². The average Bonchev–Trinajstić information content (AvgIpc) is 2.64. The van der Waals surface area contributed by atoms with Crippen LogP contribution in [0.5, 0.6) is 11.5 Å². The van der Waals surface area contributed by atoms with E-state index in [-0.39, 0.29) is 18.6 Å². The Labute approximate surface area is 157 Å². The fraction of sp³-hybridized carbons (Fsp3) is 0.200. The molecule has 0 spiro atoms. The van der Waals surface area contributed by atoms with E-state index in [4.69, 9.17) is 26.3 Å². The first-order chi connectivity index (χ1) is 12.5. The van der Waals surface area contributed by atoms with E-state index in [0.717, 1.165) is 11.1 Å². The van der Waals surface area contributed by atoms with Crippen molar-refractivity contribution in [3.63, 3.8) is 0 Å². The summed E-state index contributed by atoms with van der Waals surface area (Å²) in [6, 6.07) is 14.3. The molecule has 26 heavy (non-hydrogen) atoms. The van der Waals surface area contributed by atoms with Crippen LogP contribution in [-0.2, 0) is 4.79 Å². The van der Waals surface area contributed by atoms with Gasteiger partial charge in [0.2, 0.25) is 5.91 Å². The predicted octanol–water partition coefficient (Wildman–Crippen LogP) is 4.14. The lowest BCUT2D eigenvalue weighted by molar-refractivity contribution is -0.117. The monoisotopic (exact) mass is 370 g/mol. The molecule has 0 aliphatic carbocycles. The second kappa shape index (κ2) is 9.50. The normalized spacial score (nSPS) is 11.6. The molecule has 0 bridgehead atoms. The number of nitrogens with one attached hydrogen (secondary N) is 1. The van der Waals surface area contributed by atoms with Gasteiger partial charge < -0.3 is 14.8 Å². The molecule has 5 nitrogen and oxygen atoms in total. The fourth-order valence-corrected chi connectivity index (χ4v) is 2.51. The minimum atomic E-state index is -0.221. The lowest BCUT2D eigenvalue weighted by Gasteiger charge is -2.13. The molecule has 0 aliphatic rings. The number of methoxy groups -OCH3 is 1. The third-order valence-electron chi connectivity index (χ3n) is 3.61. The topological polar surface area (TPSA) is 71.3 Å². The van der Waals surface area contributed by atoms with Crippen LogP contribution in [0.4, 0.5) is 0 Å². The molecular weight excluding hydrogens is 352 g/mol. The van der Waals surface area contributed by atoms with Crippen molar-refractivity contribution in [3.8, 4) is 17.6 Å². The Morgan fingerprint density at radius 1 is 1.31 bits per heavy atom. The highest BCUT2D eigenvalue weighted by molar-refractivity contribution is 6.30. The first-order valence-electron chi connectivity index (χ1n) is 7.95. The number of amides is 1. The zero-order chi connectivity index (χ0) is 18.9. The Bertz CT molecular complexity index is 843. The van der Waals surface area contributed by atoms with E-state index in [0.29, 0.717) is 16.5 Å². The van der Waals surface area contributed by atoms with Crippen LogP contribution in [0.2, 0.25) is 5.02 Å². The summed E-state index contributed by atoms with van der Waals surface area (Å²) in [7, 11) is 1.52. The summed E-state index contributed by atoms with van der Waals surface area (Å²) in [6.07, 6.45) is 3.13. The van der Waals surface area contributed by atoms with Crippen LogP contribution in [0.25, 0.3) is 6.08 Å². The summed E-state index contributed by atoms with van der Waals surface area (Å²) in [5.41, 5.74) is 1.71. The number of nitrogens with zero attached hydrogens (tertiary/aromatic N) is 1. The van der Waals surface area contributed by atoms with E-state index in [2.05, 4.69) is 5.32 Å². The zero-order valence-electron chi connectivity index (χ0n) is 14.5. The molecule has 0 unspecified atom stereocenters. The second-order valence-electron chi connectivity index (χ2n) is 5.48. The number of rotatable bonds is 7. The van der Waals surface area contributed by atoms with Crippen LogP contribution in [0.15, 0.2) is 48.5 Å². The van der Waals surface area contributed by atoms with Crippen molar-refractivity contribution in [2.24, 2.45) is 0 Å². The molecule has 0 fully saturated rings. The van der Waals surface area contributed by atoms with E-state index >= 15 is 0 Å². The van der Waals surface area contributed by atoms with Gasteiger partial charge in [-0.1, -0.05) is 29.8 Å². The number of hydrogen-bond donors (Lipinski definition) is 1. The summed E-state index contributed by atoms with van der Waals surface area (Å²) >= 11 is 5.97. The minimum Gasteiger partial charge on any atom is -0.493 e. The van der Waals surface area contributed by atoms with Gasteiger partial charge in [-0.25, -0.2) is 0 Å². The van der Waals surface area contributed by atoms with Gasteiger partial charge in [0.25, 0.3) is 0 Å². The number of carbonyl (C=O) groups is 1. The van der Waals surface area contributed by atoms with Gasteiger partial charge in [0.05, 0.1) is 13.2 Å². The Balaban J connectivity index is 2.02. The molecule has 0 saturated carbocycles. The van der Waals surface area contributed by atoms with Gasteiger partial charge in [0.1, 0.15) is 6.07 Å². The molecular formula is C20H19ClN2O3.